The molecule has 0 fully saturated rings. The molecule has 2 rings (SSSR count). The van der Waals surface area contributed by atoms with Crippen molar-refractivity contribution < 1.29 is 14.6 Å². The third kappa shape index (κ3) is 4.37. The number of methoxy groups -OCH3 is 2. The highest BCUT2D eigenvalue weighted by Gasteiger charge is 2.32. The zero-order chi connectivity index (χ0) is 19.2. The van der Waals surface area contributed by atoms with Crippen molar-refractivity contribution >= 4 is 20.1 Å². The molecule has 2 unspecified atom stereocenters. The molecule has 0 saturated carbocycles. The van der Waals surface area contributed by atoms with Crippen LogP contribution in [0, 0.1) is 0 Å². The Labute approximate surface area is 158 Å². The molecular weight excluding hydrogens is 345 g/mol. The van der Waals surface area contributed by atoms with E-state index in [2.05, 4.69) is 31.0 Å². The molecule has 0 spiro atoms. The number of nitrogens with zero attached hydrogens (tertiary/aromatic N) is 1. The summed E-state index contributed by atoms with van der Waals surface area (Å²) in [6, 6.07) is 11.9. The molecule has 2 aromatic carbocycles. The molecule has 0 amide bonds. The molecule has 0 saturated heterocycles. The summed E-state index contributed by atoms with van der Waals surface area (Å²) in [4.78, 5) is 4.18. The van der Waals surface area contributed by atoms with Crippen LogP contribution < -0.4 is 14.8 Å². The van der Waals surface area contributed by atoms with E-state index >= 15 is 0 Å². The van der Waals surface area contributed by atoms with Crippen LogP contribution in [0.2, 0.25) is 0 Å². The third-order valence-corrected chi connectivity index (χ3v) is 6.28. The highest BCUT2D eigenvalue weighted by atomic mass is 31.1. The molecule has 2 atom stereocenters. The lowest BCUT2D eigenvalue weighted by Gasteiger charge is -2.32. The molecule has 0 aromatic heterocycles. The minimum Gasteiger partial charge on any atom is -0.504 e. The fraction of sp³-hybridized carbons (Fsp3) is 0.381. The Morgan fingerprint density at radius 3 is 2.54 bits per heavy atom. The summed E-state index contributed by atoms with van der Waals surface area (Å²) in [6.07, 6.45) is 3.83. The summed E-state index contributed by atoms with van der Waals surface area (Å²) in [5, 5.41) is 11.8. The van der Waals surface area contributed by atoms with Gasteiger partial charge in [-0.05, 0) is 23.4 Å². The first-order valence-corrected chi connectivity index (χ1v) is 9.74. The maximum Gasteiger partial charge on any atom is 0.164 e. The fourth-order valence-electron chi connectivity index (χ4n) is 3.20. The van der Waals surface area contributed by atoms with Crippen LogP contribution in [0.4, 0.5) is 0 Å². The normalized spacial score (nSPS) is 14.0. The van der Waals surface area contributed by atoms with E-state index in [1.165, 1.54) is 5.30 Å². The molecule has 0 bridgehead atoms. The van der Waals surface area contributed by atoms with Gasteiger partial charge in [-0.3, -0.25) is 4.99 Å². The number of benzene rings is 2. The molecular formula is C21H28NO3P. The predicted octanol–water partition coefficient (Wildman–Crippen LogP) is 4.48. The van der Waals surface area contributed by atoms with Crippen LogP contribution in [0.25, 0.3) is 0 Å². The van der Waals surface area contributed by atoms with E-state index in [1.807, 2.05) is 24.4 Å². The number of hydrogen-bond acceptors (Lipinski definition) is 4. The van der Waals surface area contributed by atoms with Crippen LogP contribution in [0.15, 0.2) is 41.4 Å². The molecule has 4 nitrogen and oxygen atoms in total. The Kier molecular flexibility index (Phi) is 7.05. The van der Waals surface area contributed by atoms with Gasteiger partial charge < -0.3 is 14.6 Å². The van der Waals surface area contributed by atoms with E-state index in [9.17, 15) is 5.11 Å². The lowest BCUT2D eigenvalue weighted by molar-refractivity contribution is 0.357. The smallest absolute Gasteiger partial charge is 0.164 e. The maximum absolute atomic E-state index is 10.8. The van der Waals surface area contributed by atoms with Crippen LogP contribution in [0.5, 0.6) is 17.2 Å². The van der Waals surface area contributed by atoms with Crippen LogP contribution in [-0.2, 0) is 5.16 Å². The Balaban J connectivity index is 2.57. The van der Waals surface area contributed by atoms with E-state index < -0.39 is 0 Å². The topological polar surface area (TPSA) is 51.0 Å². The standard InChI is InChI=1S/C21H28NO3P/c1-6-11-21(2,26-19-10-8-7-9-15(19)14-22-3)17-12-16(24-4)13-18(25-5)20(17)23/h7-10,12-14,23,26H,6,11H2,1-5H3/b22-14+. The van der Waals surface area contributed by atoms with Crippen molar-refractivity contribution in [3.05, 3.63) is 47.5 Å². The van der Waals surface area contributed by atoms with Crippen molar-refractivity contribution in [2.45, 2.75) is 31.8 Å². The quantitative estimate of drug-likeness (QED) is 0.548. The van der Waals surface area contributed by atoms with Gasteiger partial charge in [-0.15, -0.1) is 0 Å². The number of aromatic hydroxyl groups is 1. The maximum atomic E-state index is 10.8. The van der Waals surface area contributed by atoms with Gasteiger partial charge in [-0.25, -0.2) is 0 Å². The number of ether oxygens (including phenoxy) is 2. The number of phenols is 1. The van der Waals surface area contributed by atoms with Gasteiger partial charge in [0.25, 0.3) is 0 Å². The van der Waals surface area contributed by atoms with E-state index in [0.717, 1.165) is 24.0 Å². The monoisotopic (exact) mass is 373 g/mol. The Morgan fingerprint density at radius 2 is 1.92 bits per heavy atom. The summed E-state index contributed by atoms with van der Waals surface area (Å²) in [5.74, 6) is 1.32. The van der Waals surface area contributed by atoms with Crippen molar-refractivity contribution in [3.63, 3.8) is 0 Å². The Hall–Kier alpha value is -2.06. The molecule has 0 heterocycles. The van der Waals surface area contributed by atoms with E-state index in [-0.39, 0.29) is 10.9 Å². The number of phenolic OH excluding ortho intramolecular Hbond substituents is 1. The van der Waals surface area contributed by atoms with Crippen LogP contribution in [0.1, 0.15) is 37.8 Å². The second-order valence-electron chi connectivity index (χ2n) is 6.41. The molecule has 0 aliphatic rings. The van der Waals surface area contributed by atoms with E-state index in [4.69, 9.17) is 9.47 Å². The van der Waals surface area contributed by atoms with Crippen molar-refractivity contribution in [1.29, 1.82) is 0 Å². The predicted molar refractivity (Wildman–Crippen MR) is 111 cm³/mol. The second kappa shape index (κ2) is 9.05. The molecule has 0 aliphatic carbocycles. The Morgan fingerprint density at radius 1 is 1.19 bits per heavy atom. The van der Waals surface area contributed by atoms with Gasteiger partial charge in [0.15, 0.2) is 11.5 Å². The summed E-state index contributed by atoms with van der Waals surface area (Å²) in [5.41, 5.74) is 1.97. The van der Waals surface area contributed by atoms with Gasteiger partial charge in [-0.2, -0.15) is 0 Å². The first kappa shape index (κ1) is 20.3. The first-order chi connectivity index (χ1) is 12.5. The number of rotatable bonds is 8. The zero-order valence-corrected chi connectivity index (χ0v) is 17.2. The van der Waals surface area contributed by atoms with Crippen molar-refractivity contribution in [3.8, 4) is 17.2 Å². The molecule has 5 heteroatoms. The summed E-state index contributed by atoms with van der Waals surface area (Å²) in [6.45, 7) is 4.36. The van der Waals surface area contributed by atoms with Crippen LogP contribution >= 0.6 is 8.58 Å². The van der Waals surface area contributed by atoms with Crippen LogP contribution in [-0.4, -0.2) is 32.6 Å². The number of aliphatic imine (C=N–C) groups is 1. The van der Waals surface area contributed by atoms with Gasteiger partial charge in [0.2, 0.25) is 0 Å². The second-order valence-corrected chi connectivity index (χ2v) is 8.30. The average Bonchev–Trinajstić information content (AvgIpc) is 2.64. The summed E-state index contributed by atoms with van der Waals surface area (Å²) < 4.78 is 10.8. The minimum absolute atomic E-state index is 0.193. The van der Waals surface area contributed by atoms with Crippen LogP contribution in [0.3, 0.4) is 0 Å². The average molecular weight is 373 g/mol. The van der Waals surface area contributed by atoms with Gasteiger partial charge in [0, 0.05) is 30.0 Å². The van der Waals surface area contributed by atoms with E-state index in [0.29, 0.717) is 20.1 Å². The molecule has 140 valence electrons. The highest BCUT2D eigenvalue weighted by Crippen LogP contribution is 2.51. The summed E-state index contributed by atoms with van der Waals surface area (Å²) >= 11 is 0. The third-order valence-electron chi connectivity index (χ3n) is 4.49. The Bertz CT molecular complexity index is 776. The van der Waals surface area contributed by atoms with Crippen molar-refractivity contribution in [2.24, 2.45) is 4.99 Å². The minimum atomic E-state index is -0.238. The van der Waals surface area contributed by atoms with Gasteiger partial charge in [-0.1, -0.05) is 53.1 Å². The van der Waals surface area contributed by atoms with Gasteiger partial charge >= 0.3 is 0 Å². The summed E-state index contributed by atoms with van der Waals surface area (Å²) in [7, 11) is 5.44. The molecule has 0 aliphatic heterocycles. The first-order valence-electron chi connectivity index (χ1n) is 8.74. The largest absolute Gasteiger partial charge is 0.504 e. The van der Waals surface area contributed by atoms with Gasteiger partial charge in [0.05, 0.1) is 14.2 Å². The molecule has 2 aromatic rings. The van der Waals surface area contributed by atoms with E-state index in [1.54, 1.807) is 27.3 Å². The molecule has 1 N–H and O–H groups in total. The fourth-order valence-corrected chi connectivity index (χ4v) is 4.97. The zero-order valence-electron chi connectivity index (χ0n) is 16.2. The highest BCUT2D eigenvalue weighted by molar-refractivity contribution is 7.48. The van der Waals surface area contributed by atoms with Crippen molar-refractivity contribution in [1.82, 2.24) is 0 Å². The number of hydrogen-bond donors (Lipinski definition) is 1. The lowest BCUT2D eigenvalue weighted by Crippen LogP contribution is -2.21. The molecule has 26 heavy (non-hydrogen) atoms. The van der Waals surface area contributed by atoms with Crippen molar-refractivity contribution in [2.75, 3.05) is 21.3 Å². The van der Waals surface area contributed by atoms with Gasteiger partial charge in [0.1, 0.15) is 5.75 Å². The SMILES string of the molecule is CCCC(C)(Pc1ccccc1/C=N/C)c1cc(OC)cc(OC)c1O. The molecule has 0 radical (unpaired) electrons. The lowest BCUT2D eigenvalue weighted by atomic mass is 9.93.